The van der Waals surface area contributed by atoms with Crippen LogP contribution in [0.3, 0.4) is 0 Å². The van der Waals surface area contributed by atoms with Crippen LogP contribution in [0.4, 0.5) is 0 Å². The van der Waals surface area contributed by atoms with Crippen molar-refractivity contribution in [3.8, 4) is 0 Å². The first-order chi connectivity index (χ1) is 12.7. The van der Waals surface area contributed by atoms with Gasteiger partial charge in [-0.25, -0.2) is 0 Å². The summed E-state index contributed by atoms with van der Waals surface area (Å²) in [5.41, 5.74) is 2.98. The number of likely N-dealkylation sites (tertiary alicyclic amines) is 1. The lowest BCUT2D eigenvalue weighted by Gasteiger charge is -2.48. The fourth-order valence-electron chi connectivity index (χ4n) is 4.41. The number of hydrogen-bond acceptors (Lipinski definition) is 5. The quantitative estimate of drug-likeness (QED) is 0.842. The Kier molecular flexibility index (Phi) is 4.78. The van der Waals surface area contributed by atoms with E-state index in [1.165, 1.54) is 17.3 Å². The van der Waals surface area contributed by atoms with E-state index in [1.54, 1.807) is 13.2 Å². The van der Waals surface area contributed by atoms with Gasteiger partial charge in [0.2, 0.25) is 5.76 Å². The number of rotatable bonds is 4. The zero-order valence-corrected chi connectivity index (χ0v) is 15.2. The Morgan fingerprint density at radius 1 is 1.27 bits per heavy atom. The minimum Gasteiger partial charge on any atom is -0.383 e. The summed E-state index contributed by atoms with van der Waals surface area (Å²) in [5.74, 6) is 0.268. The summed E-state index contributed by atoms with van der Waals surface area (Å²) in [6, 6.07) is 10.4. The predicted molar refractivity (Wildman–Crippen MR) is 96.9 cm³/mol. The Balaban J connectivity index is 1.53. The molecule has 6 nitrogen and oxygen atoms in total. The van der Waals surface area contributed by atoms with E-state index < -0.39 is 0 Å². The molecule has 0 N–H and O–H groups in total. The molecule has 0 atom stereocenters. The molecule has 0 aliphatic carbocycles. The smallest absolute Gasteiger partial charge is 0.292 e. The molecule has 0 bridgehead atoms. The fourth-order valence-corrected chi connectivity index (χ4v) is 4.41. The van der Waals surface area contributed by atoms with Crippen molar-refractivity contribution < 1.29 is 14.1 Å². The Bertz CT molecular complexity index is 751. The summed E-state index contributed by atoms with van der Waals surface area (Å²) in [5, 5.41) is 3.65. The van der Waals surface area contributed by atoms with Crippen molar-refractivity contribution in [3.63, 3.8) is 0 Å². The molecule has 1 aromatic carbocycles. The summed E-state index contributed by atoms with van der Waals surface area (Å²) in [6.07, 6.45) is 3.45. The van der Waals surface area contributed by atoms with Gasteiger partial charge in [-0.2, -0.15) is 0 Å². The number of aromatic nitrogens is 1. The first-order valence-corrected chi connectivity index (χ1v) is 9.21. The van der Waals surface area contributed by atoms with Crippen LogP contribution in [-0.2, 0) is 16.7 Å². The van der Waals surface area contributed by atoms with Crippen molar-refractivity contribution in [2.75, 3.05) is 39.9 Å². The molecule has 1 fully saturated rings. The van der Waals surface area contributed by atoms with E-state index in [4.69, 9.17) is 9.26 Å². The van der Waals surface area contributed by atoms with Gasteiger partial charge in [-0.15, -0.1) is 0 Å². The van der Waals surface area contributed by atoms with Gasteiger partial charge in [0.05, 0.1) is 12.8 Å². The molecule has 138 valence electrons. The third-order valence-electron chi connectivity index (χ3n) is 5.78. The summed E-state index contributed by atoms with van der Waals surface area (Å²) >= 11 is 0. The zero-order valence-electron chi connectivity index (χ0n) is 15.2. The third-order valence-corrected chi connectivity index (χ3v) is 5.78. The van der Waals surface area contributed by atoms with Crippen molar-refractivity contribution in [2.24, 2.45) is 0 Å². The molecule has 26 heavy (non-hydrogen) atoms. The van der Waals surface area contributed by atoms with Crippen LogP contribution >= 0.6 is 0 Å². The number of carbonyl (C=O) groups excluding carboxylic acids is 1. The lowest BCUT2D eigenvalue weighted by atomic mass is 9.69. The lowest BCUT2D eigenvalue weighted by molar-refractivity contribution is 0.0525. The Labute approximate surface area is 153 Å². The van der Waals surface area contributed by atoms with E-state index in [9.17, 15) is 4.79 Å². The summed E-state index contributed by atoms with van der Waals surface area (Å²) in [7, 11) is 1.75. The van der Waals surface area contributed by atoms with E-state index in [1.807, 2.05) is 4.90 Å². The third kappa shape index (κ3) is 3.15. The van der Waals surface area contributed by atoms with Gasteiger partial charge in [0.15, 0.2) is 0 Å². The van der Waals surface area contributed by atoms with Crippen LogP contribution in [0.2, 0.25) is 0 Å². The molecule has 2 aliphatic rings. The second-order valence-corrected chi connectivity index (χ2v) is 7.31. The normalized spacial score (nSPS) is 19.5. The second kappa shape index (κ2) is 7.21. The number of amides is 1. The molecule has 1 spiro atoms. The molecule has 1 saturated heterocycles. The average Bonchev–Trinajstić information content (AvgIpc) is 3.21. The number of piperidine rings is 1. The van der Waals surface area contributed by atoms with Gasteiger partial charge >= 0.3 is 0 Å². The van der Waals surface area contributed by atoms with E-state index >= 15 is 0 Å². The van der Waals surface area contributed by atoms with E-state index in [0.717, 1.165) is 52.2 Å². The molecule has 0 saturated carbocycles. The number of methoxy groups -OCH3 is 1. The average molecular weight is 355 g/mol. The first kappa shape index (κ1) is 17.2. The molecule has 0 radical (unpaired) electrons. The molecule has 1 aromatic heterocycles. The van der Waals surface area contributed by atoms with Crippen LogP contribution in [0.1, 0.15) is 34.5 Å². The molecule has 3 heterocycles. The Morgan fingerprint density at radius 2 is 2.08 bits per heavy atom. The maximum atomic E-state index is 12.5. The number of fused-ring (bicyclic) bond motifs is 2. The molecule has 4 rings (SSSR count). The van der Waals surface area contributed by atoms with Gasteiger partial charge in [0, 0.05) is 51.3 Å². The number of hydrogen-bond donors (Lipinski definition) is 0. The maximum absolute atomic E-state index is 12.5. The van der Waals surface area contributed by atoms with Crippen molar-refractivity contribution >= 4 is 5.91 Å². The van der Waals surface area contributed by atoms with Gasteiger partial charge in [-0.1, -0.05) is 29.4 Å². The highest BCUT2D eigenvalue weighted by Crippen LogP contribution is 2.41. The predicted octanol–water partition coefficient (Wildman–Crippen LogP) is 2.31. The SMILES string of the molecule is COCCN1Cc2ccccc2C2(CCN(C(=O)c3ccno3)CC2)C1. The number of carbonyl (C=O) groups is 1. The van der Waals surface area contributed by atoms with E-state index in [-0.39, 0.29) is 11.3 Å². The minimum atomic E-state index is -0.0577. The summed E-state index contributed by atoms with van der Waals surface area (Å²) < 4.78 is 10.3. The fraction of sp³-hybridized carbons (Fsp3) is 0.500. The van der Waals surface area contributed by atoms with Crippen molar-refractivity contribution in [2.45, 2.75) is 24.8 Å². The van der Waals surface area contributed by atoms with Gasteiger partial charge in [-0.3, -0.25) is 9.69 Å². The number of ether oxygens (including phenoxy) is 1. The standard InChI is InChI=1S/C20H25N3O3/c1-25-13-12-22-14-16-4-2-3-5-17(16)20(15-22)7-10-23(11-8-20)19(24)18-6-9-21-26-18/h2-6,9H,7-8,10-15H2,1H3. The molecule has 0 unspecified atom stereocenters. The molecule has 6 heteroatoms. The molecular formula is C20H25N3O3. The van der Waals surface area contributed by atoms with Gasteiger partial charge in [-0.05, 0) is 24.0 Å². The van der Waals surface area contributed by atoms with Crippen LogP contribution < -0.4 is 0 Å². The van der Waals surface area contributed by atoms with Crippen LogP contribution in [0, 0.1) is 0 Å². The lowest BCUT2D eigenvalue weighted by Crippen LogP contribution is -2.53. The van der Waals surface area contributed by atoms with E-state index in [2.05, 4.69) is 34.3 Å². The molecule has 1 amide bonds. The molecule has 2 aromatic rings. The van der Waals surface area contributed by atoms with Crippen molar-refractivity contribution in [1.82, 2.24) is 15.0 Å². The highest BCUT2D eigenvalue weighted by molar-refractivity contribution is 5.91. The van der Waals surface area contributed by atoms with Crippen molar-refractivity contribution in [3.05, 3.63) is 53.4 Å². The van der Waals surface area contributed by atoms with Gasteiger partial charge < -0.3 is 14.2 Å². The monoisotopic (exact) mass is 355 g/mol. The Hall–Kier alpha value is -2.18. The summed E-state index contributed by atoms with van der Waals surface area (Å²) in [6.45, 7) is 5.17. The number of nitrogens with zero attached hydrogens (tertiary/aromatic N) is 3. The van der Waals surface area contributed by atoms with Crippen molar-refractivity contribution in [1.29, 1.82) is 0 Å². The van der Waals surface area contributed by atoms with Gasteiger partial charge in [0.25, 0.3) is 5.91 Å². The van der Waals surface area contributed by atoms with Crippen LogP contribution in [-0.4, -0.2) is 60.8 Å². The minimum absolute atomic E-state index is 0.0577. The first-order valence-electron chi connectivity index (χ1n) is 9.21. The van der Waals surface area contributed by atoms with E-state index in [0.29, 0.717) is 5.76 Å². The summed E-state index contributed by atoms with van der Waals surface area (Å²) in [4.78, 5) is 16.9. The number of benzene rings is 1. The molecule has 2 aliphatic heterocycles. The second-order valence-electron chi connectivity index (χ2n) is 7.31. The Morgan fingerprint density at radius 3 is 2.81 bits per heavy atom. The topological polar surface area (TPSA) is 58.8 Å². The largest absolute Gasteiger partial charge is 0.383 e. The van der Waals surface area contributed by atoms with Crippen LogP contribution in [0.15, 0.2) is 41.1 Å². The highest BCUT2D eigenvalue weighted by Gasteiger charge is 2.42. The van der Waals surface area contributed by atoms with Crippen LogP contribution in [0.25, 0.3) is 0 Å². The van der Waals surface area contributed by atoms with Crippen LogP contribution in [0.5, 0.6) is 0 Å². The molecular weight excluding hydrogens is 330 g/mol. The van der Waals surface area contributed by atoms with Gasteiger partial charge in [0.1, 0.15) is 0 Å². The zero-order chi connectivity index (χ0) is 18.0. The maximum Gasteiger partial charge on any atom is 0.292 e. The highest BCUT2D eigenvalue weighted by atomic mass is 16.5.